The van der Waals surface area contributed by atoms with E-state index in [0.29, 0.717) is 19.8 Å². The number of hydrogen-bond donors (Lipinski definition) is 1. The molecule has 0 fully saturated rings. The van der Waals surface area contributed by atoms with Gasteiger partial charge in [0.25, 0.3) is 0 Å². The summed E-state index contributed by atoms with van der Waals surface area (Å²) < 4.78 is 5.21. The van der Waals surface area contributed by atoms with Gasteiger partial charge >= 0.3 is 0 Å². The van der Waals surface area contributed by atoms with E-state index in [9.17, 15) is 4.79 Å². The minimum atomic E-state index is 0.0427. The maximum atomic E-state index is 11.1. The Morgan fingerprint density at radius 2 is 2.15 bits per heavy atom. The lowest BCUT2D eigenvalue weighted by molar-refractivity contribution is -0.124. The summed E-state index contributed by atoms with van der Waals surface area (Å²) in [4.78, 5) is 11.1. The fourth-order valence-electron chi connectivity index (χ4n) is 0.697. The molecule has 3 nitrogen and oxygen atoms in total. The largest absolute Gasteiger partial charge is 0.375 e. The van der Waals surface area contributed by atoms with E-state index in [1.54, 1.807) is 0 Å². The Balaban J connectivity index is 3.26. The Hall–Kier alpha value is -0.830. The molecular weight excluding hydrogens is 166 g/mol. The van der Waals surface area contributed by atoms with Crippen molar-refractivity contribution in [2.75, 3.05) is 19.8 Å². The number of carbonyl (C=O) groups is 1. The molecule has 0 aliphatic rings. The quantitative estimate of drug-likeness (QED) is 0.501. The van der Waals surface area contributed by atoms with E-state index in [1.165, 1.54) is 0 Å². The van der Waals surface area contributed by atoms with Crippen molar-refractivity contribution < 1.29 is 9.53 Å². The lowest BCUT2D eigenvalue weighted by Crippen LogP contribution is -2.30. The molecule has 0 heterocycles. The van der Waals surface area contributed by atoms with Gasteiger partial charge in [0.1, 0.15) is 0 Å². The Kier molecular flexibility index (Phi) is 6.24. The van der Waals surface area contributed by atoms with E-state index in [2.05, 4.69) is 11.9 Å². The molecule has 1 N–H and O–H groups in total. The van der Waals surface area contributed by atoms with E-state index >= 15 is 0 Å². The predicted octanol–water partition coefficient (Wildman–Crippen LogP) is 1.35. The van der Waals surface area contributed by atoms with Crippen LogP contribution in [-0.2, 0) is 9.53 Å². The minimum absolute atomic E-state index is 0.0427. The van der Waals surface area contributed by atoms with Crippen LogP contribution in [0.25, 0.3) is 0 Å². The predicted molar refractivity (Wildman–Crippen MR) is 53.5 cm³/mol. The standard InChI is InChI=1S/C10H19NO2/c1-8(2)7-13-6-5-11-10(12)9(3)4/h9H,1,5-7H2,2-4H3,(H,11,12). The summed E-state index contributed by atoms with van der Waals surface area (Å²) in [5.41, 5.74) is 0.996. The molecule has 1 amide bonds. The van der Waals surface area contributed by atoms with E-state index in [4.69, 9.17) is 4.74 Å². The van der Waals surface area contributed by atoms with E-state index in [-0.39, 0.29) is 11.8 Å². The third-order valence-corrected chi connectivity index (χ3v) is 1.42. The maximum absolute atomic E-state index is 11.1. The van der Waals surface area contributed by atoms with Crippen LogP contribution in [0.15, 0.2) is 12.2 Å². The first kappa shape index (κ1) is 12.2. The number of rotatable bonds is 6. The zero-order chi connectivity index (χ0) is 10.3. The van der Waals surface area contributed by atoms with Crippen molar-refractivity contribution in [3.8, 4) is 0 Å². The summed E-state index contributed by atoms with van der Waals surface area (Å²) in [6, 6.07) is 0. The summed E-state index contributed by atoms with van der Waals surface area (Å²) in [5.74, 6) is 0.111. The van der Waals surface area contributed by atoms with Gasteiger partial charge in [0.05, 0.1) is 13.2 Å². The van der Waals surface area contributed by atoms with Gasteiger partial charge in [-0.15, -0.1) is 0 Å². The lowest BCUT2D eigenvalue weighted by Gasteiger charge is -2.07. The van der Waals surface area contributed by atoms with Gasteiger partial charge in [0.15, 0.2) is 0 Å². The normalized spacial score (nSPS) is 10.2. The number of nitrogens with one attached hydrogen (secondary N) is 1. The van der Waals surface area contributed by atoms with Crippen molar-refractivity contribution >= 4 is 5.91 Å². The molecule has 3 heteroatoms. The van der Waals surface area contributed by atoms with Gasteiger partial charge < -0.3 is 10.1 Å². The fourth-order valence-corrected chi connectivity index (χ4v) is 0.697. The number of carbonyl (C=O) groups excluding carboxylic acids is 1. The van der Waals surface area contributed by atoms with Gasteiger partial charge in [-0.05, 0) is 6.92 Å². The highest BCUT2D eigenvalue weighted by Crippen LogP contribution is 1.90. The highest BCUT2D eigenvalue weighted by atomic mass is 16.5. The van der Waals surface area contributed by atoms with Crippen LogP contribution >= 0.6 is 0 Å². The van der Waals surface area contributed by atoms with Crippen LogP contribution in [0, 0.1) is 5.92 Å². The Morgan fingerprint density at radius 3 is 2.62 bits per heavy atom. The molecule has 0 saturated carbocycles. The Labute approximate surface area is 80.2 Å². The van der Waals surface area contributed by atoms with Crippen molar-refractivity contribution in [2.24, 2.45) is 5.92 Å². The minimum Gasteiger partial charge on any atom is -0.375 e. The molecule has 0 aliphatic carbocycles. The summed E-state index contributed by atoms with van der Waals surface area (Å²) in [7, 11) is 0. The van der Waals surface area contributed by atoms with Gasteiger partial charge in [-0.2, -0.15) is 0 Å². The third kappa shape index (κ3) is 7.53. The zero-order valence-electron chi connectivity index (χ0n) is 8.72. The second kappa shape index (κ2) is 6.66. The maximum Gasteiger partial charge on any atom is 0.222 e. The topological polar surface area (TPSA) is 38.3 Å². The lowest BCUT2D eigenvalue weighted by atomic mass is 10.2. The Morgan fingerprint density at radius 1 is 1.54 bits per heavy atom. The van der Waals surface area contributed by atoms with Gasteiger partial charge in [0, 0.05) is 12.5 Å². The average molecular weight is 185 g/mol. The summed E-state index contributed by atoms with van der Waals surface area (Å²) in [6.45, 7) is 11.0. The van der Waals surface area contributed by atoms with Crippen molar-refractivity contribution in [1.29, 1.82) is 0 Å². The SMILES string of the molecule is C=C(C)COCCNC(=O)C(C)C. The number of ether oxygens (including phenoxy) is 1. The zero-order valence-corrected chi connectivity index (χ0v) is 8.72. The summed E-state index contributed by atoms with van der Waals surface area (Å²) >= 11 is 0. The molecule has 13 heavy (non-hydrogen) atoms. The molecule has 0 bridgehead atoms. The number of amides is 1. The average Bonchev–Trinajstić information content (AvgIpc) is 2.02. The van der Waals surface area contributed by atoms with Gasteiger partial charge in [-0.1, -0.05) is 26.0 Å². The Bertz CT molecular complexity index is 176. The van der Waals surface area contributed by atoms with Gasteiger partial charge in [0.2, 0.25) is 5.91 Å². The monoisotopic (exact) mass is 185 g/mol. The molecule has 0 saturated heterocycles. The van der Waals surface area contributed by atoms with Crippen LogP contribution in [0.4, 0.5) is 0 Å². The van der Waals surface area contributed by atoms with Crippen LogP contribution in [0.5, 0.6) is 0 Å². The third-order valence-electron chi connectivity index (χ3n) is 1.42. The van der Waals surface area contributed by atoms with Crippen LogP contribution in [0.3, 0.4) is 0 Å². The molecule has 0 unspecified atom stereocenters. The van der Waals surface area contributed by atoms with Gasteiger partial charge in [-0.3, -0.25) is 4.79 Å². The van der Waals surface area contributed by atoms with Gasteiger partial charge in [-0.25, -0.2) is 0 Å². The summed E-state index contributed by atoms with van der Waals surface area (Å²) in [6.07, 6.45) is 0. The van der Waals surface area contributed by atoms with Crippen molar-refractivity contribution in [2.45, 2.75) is 20.8 Å². The summed E-state index contributed by atoms with van der Waals surface area (Å²) in [5, 5.41) is 2.76. The molecule has 0 aromatic carbocycles. The van der Waals surface area contributed by atoms with Crippen LogP contribution in [-0.4, -0.2) is 25.7 Å². The van der Waals surface area contributed by atoms with Crippen LogP contribution < -0.4 is 5.32 Å². The first-order valence-corrected chi connectivity index (χ1v) is 4.54. The molecule has 0 radical (unpaired) electrons. The molecular formula is C10H19NO2. The molecule has 0 aromatic heterocycles. The highest BCUT2D eigenvalue weighted by Gasteiger charge is 2.04. The second-order valence-electron chi connectivity index (χ2n) is 3.46. The van der Waals surface area contributed by atoms with Crippen LogP contribution in [0.1, 0.15) is 20.8 Å². The smallest absolute Gasteiger partial charge is 0.222 e. The number of hydrogen-bond acceptors (Lipinski definition) is 2. The second-order valence-corrected chi connectivity index (χ2v) is 3.46. The molecule has 0 aromatic rings. The molecule has 0 aliphatic heterocycles. The highest BCUT2D eigenvalue weighted by molar-refractivity contribution is 5.77. The first-order valence-electron chi connectivity index (χ1n) is 4.54. The van der Waals surface area contributed by atoms with E-state index in [0.717, 1.165) is 5.57 Å². The fraction of sp³-hybridized carbons (Fsp3) is 0.700. The van der Waals surface area contributed by atoms with Crippen molar-refractivity contribution in [3.63, 3.8) is 0 Å². The van der Waals surface area contributed by atoms with E-state index in [1.807, 2.05) is 20.8 Å². The molecule has 0 atom stereocenters. The van der Waals surface area contributed by atoms with Crippen molar-refractivity contribution in [3.05, 3.63) is 12.2 Å². The molecule has 76 valence electrons. The first-order chi connectivity index (χ1) is 6.04. The van der Waals surface area contributed by atoms with Crippen molar-refractivity contribution in [1.82, 2.24) is 5.32 Å². The molecule has 0 spiro atoms. The van der Waals surface area contributed by atoms with Crippen LogP contribution in [0.2, 0.25) is 0 Å². The van der Waals surface area contributed by atoms with E-state index < -0.39 is 0 Å². The molecule has 0 rings (SSSR count).